The molecule has 5 aromatic carbocycles. The van der Waals surface area contributed by atoms with Crippen LogP contribution in [-0.2, 0) is 20.5 Å². The van der Waals surface area contributed by atoms with Crippen LogP contribution < -0.4 is 4.74 Å². The molecule has 2 unspecified atom stereocenters. The first-order valence-corrected chi connectivity index (χ1v) is 14.0. The molecule has 0 spiro atoms. The summed E-state index contributed by atoms with van der Waals surface area (Å²) in [7, 11) is 0. The predicted octanol–water partition coefficient (Wildman–Crippen LogP) is 7.09. The number of hydrogen-bond acceptors (Lipinski definition) is 5. The molecule has 0 fully saturated rings. The van der Waals surface area contributed by atoms with Crippen LogP contribution in [0.2, 0.25) is 0 Å². The first kappa shape index (κ1) is 25.8. The Morgan fingerprint density at radius 2 is 0.881 bits per heavy atom. The third kappa shape index (κ3) is 3.85. The fourth-order valence-electron chi connectivity index (χ4n) is 6.62. The van der Waals surface area contributed by atoms with Gasteiger partial charge in [0, 0.05) is 11.1 Å². The zero-order chi connectivity index (χ0) is 28.7. The van der Waals surface area contributed by atoms with Crippen LogP contribution in [0.3, 0.4) is 0 Å². The summed E-state index contributed by atoms with van der Waals surface area (Å²) in [5, 5.41) is 0. The highest BCUT2D eigenvalue weighted by molar-refractivity contribution is 5.91. The molecule has 0 heterocycles. The molecule has 2 atom stereocenters. The number of carbonyl (C=O) groups is 2. The van der Waals surface area contributed by atoms with Gasteiger partial charge in [0.15, 0.2) is 17.8 Å². The van der Waals surface area contributed by atoms with Crippen molar-refractivity contribution in [1.82, 2.24) is 0 Å². The second-order valence-electron chi connectivity index (χ2n) is 10.8. The topological polar surface area (TPSA) is 61.8 Å². The summed E-state index contributed by atoms with van der Waals surface area (Å²) in [6, 6.07) is 43.2. The van der Waals surface area contributed by atoms with Crippen LogP contribution in [-0.4, -0.2) is 24.1 Å². The van der Waals surface area contributed by atoms with E-state index in [0.29, 0.717) is 16.9 Å². The first-order chi connectivity index (χ1) is 20.5. The quantitative estimate of drug-likeness (QED) is 0.211. The van der Waals surface area contributed by atoms with E-state index in [1.54, 1.807) is 48.5 Å². The number of fused-ring (bicyclic) bond motifs is 1. The average Bonchev–Trinajstić information content (AvgIpc) is 3.05. The number of benzene rings is 5. The van der Waals surface area contributed by atoms with Crippen molar-refractivity contribution in [3.05, 3.63) is 173 Å². The summed E-state index contributed by atoms with van der Waals surface area (Å²) < 4.78 is 19.9. The van der Waals surface area contributed by atoms with E-state index >= 15 is 0 Å². The van der Waals surface area contributed by atoms with E-state index in [1.807, 2.05) is 91.0 Å². The van der Waals surface area contributed by atoms with Crippen molar-refractivity contribution < 1.29 is 23.8 Å². The molecule has 0 radical (unpaired) electrons. The third-order valence-corrected chi connectivity index (χ3v) is 8.53. The van der Waals surface area contributed by atoms with Crippen LogP contribution in [0, 0.1) is 0 Å². The molecular formula is C37H28O5. The highest BCUT2D eigenvalue weighted by Gasteiger charge is 2.69. The molecule has 0 aromatic heterocycles. The maximum atomic E-state index is 13.8. The number of para-hydroxylation sites is 1. The van der Waals surface area contributed by atoms with Crippen molar-refractivity contribution in [3.8, 4) is 5.75 Å². The molecule has 42 heavy (non-hydrogen) atoms. The van der Waals surface area contributed by atoms with Gasteiger partial charge in [-0.25, -0.2) is 9.59 Å². The summed E-state index contributed by atoms with van der Waals surface area (Å²) in [4.78, 5) is 27.5. The van der Waals surface area contributed by atoms with Crippen molar-refractivity contribution in [2.75, 3.05) is 0 Å². The molecule has 5 nitrogen and oxygen atoms in total. The molecule has 3 aliphatic carbocycles. The Kier molecular flexibility index (Phi) is 6.16. The molecule has 5 heteroatoms. The Bertz CT molecular complexity index is 1720. The zero-order valence-corrected chi connectivity index (χ0v) is 23.0. The molecule has 2 bridgehead atoms. The number of rotatable bonds is 6. The number of ether oxygens (including phenoxy) is 3. The van der Waals surface area contributed by atoms with Crippen LogP contribution >= 0.6 is 0 Å². The van der Waals surface area contributed by atoms with Gasteiger partial charge in [-0.15, -0.1) is 0 Å². The second kappa shape index (κ2) is 10.0. The van der Waals surface area contributed by atoms with Crippen LogP contribution in [0.25, 0.3) is 0 Å². The van der Waals surface area contributed by atoms with Gasteiger partial charge in [0.25, 0.3) is 0 Å². The van der Waals surface area contributed by atoms with Gasteiger partial charge < -0.3 is 14.2 Å². The molecule has 8 rings (SSSR count). The number of esters is 2. The van der Waals surface area contributed by atoms with E-state index in [9.17, 15) is 9.59 Å². The van der Waals surface area contributed by atoms with Gasteiger partial charge in [-0.1, -0.05) is 103 Å². The van der Waals surface area contributed by atoms with Crippen molar-refractivity contribution in [2.45, 2.75) is 30.1 Å². The first-order valence-electron chi connectivity index (χ1n) is 14.0. The lowest BCUT2D eigenvalue weighted by molar-refractivity contribution is -0.144. The smallest absolute Gasteiger partial charge is 0.338 e. The summed E-state index contributed by atoms with van der Waals surface area (Å²) in [5.41, 5.74) is 2.30. The van der Waals surface area contributed by atoms with Crippen molar-refractivity contribution in [1.29, 1.82) is 0 Å². The maximum Gasteiger partial charge on any atom is 0.338 e. The minimum Gasteiger partial charge on any atom is -0.474 e. The Morgan fingerprint density at radius 3 is 1.36 bits per heavy atom. The molecule has 3 aliphatic rings. The lowest BCUT2D eigenvalue weighted by atomic mass is 9.51. The highest BCUT2D eigenvalue weighted by atomic mass is 16.6. The predicted molar refractivity (Wildman–Crippen MR) is 158 cm³/mol. The van der Waals surface area contributed by atoms with Crippen LogP contribution in [0.4, 0.5) is 0 Å². The Labute approximate surface area is 244 Å². The lowest BCUT2D eigenvalue weighted by Gasteiger charge is -2.59. The van der Waals surface area contributed by atoms with Crippen LogP contribution in [0.5, 0.6) is 5.75 Å². The minimum absolute atomic E-state index is 0.397. The Hall–Kier alpha value is -5.16. The van der Waals surface area contributed by atoms with Crippen molar-refractivity contribution in [2.24, 2.45) is 0 Å². The third-order valence-electron chi connectivity index (χ3n) is 8.53. The second-order valence-corrected chi connectivity index (χ2v) is 10.8. The molecule has 0 amide bonds. The van der Waals surface area contributed by atoms with E-state index < -0.39 is 35.2 Å². The summed E-state index contributed by atoms with van der Waals surface area (Å²) >= 11 is 0. The molecular weight excluding hydrogens is 524 g/mol. The van der Waals surface area contributed by atoms with Crippen LogP contribution in [0.15, 0.2) is 140 Å². The zero-order valence-electron chi connectivity index (χ0n) is 23.0. The minimum atomic E-state index is -1.31. The fourth-order valence-corrected chi connectivity index (χ4v) is 6.62. The van der Waals surface area contributed by atoms with Gasteiger partial charge in [-0.3, -0.25) is 0 Å². The standard InChI is InChI=1S/C37H28O5/c1-36-28-21-11-13-23-30(28)37(31-24-14-12-22-29(31)36,42-27-19-9-4-10-20-27)33(41-35(39)26-17-7-3-8-18-26)32(36)40-34(38)25-15-5-2-6-16-25/h2-24,32-33H,1H3. The molecule has 0 aliphatic heterocycles. The maximum absolute atomic E-state index is 13.8. The average molecular weight is 553 g/mol. The monoisotopic (exact) mass is 552 g/mol. The van der Waals surface area contributed by atoms with Gasteiger partial charge in [-0.2, -0.15) is 0 Å². The highest BCUT2D eigenvalue weighted by Crippen LogP contribution is 2.61. The summed E-state index contributed by atoms with van der Waals surface area (Å²) in [6.07, 6.45) is -1.93. The molecule has 0 saturated heterocycles. The van der Waals surface area contributed by atoms with Gasteiger partial charge in [0.05, 0.1) is 16.5 Å². The van der Waals surface area contributed by atoms with E-state index in [2.05, 4.69) is 6.92 Å². The fraction of sp³-hybridized carbons (Fsp3) is 0.135. The molecule has 206 valence electrons. The SMILES string of the molecule is CC12c3ccccc3C(Oc3ccccc3)(c3ccccc31)C(OC(=O)c1ccccc1)C2OC(=O)c1ccccc1. The van der Waals surface area contributed by atoms with E-state index in [-0.39, 0.29) is 0 Å². The molecule has 0 saturated carbocycles. The van der Waals surface area contributed by atoms with Gasteiger partial charge in [-0.05, 0) is 54.4 Å². The Morgan fingerprint density at radius 1 is 0.500 bits per heavy atom. The normalized spacial score (nSPS) is 23.3. The van der Waals surface area contributed by atoms with Gasteiger partial charge >= 0.3 is 11.9 Å². The summed E-state index contributed by atoms with van der Waals surface area (Å²) in [5.74, 6) is -0.426. The largest absolute Gasteiger partial charge is 0.474 e. The van der Waals surface area contributed by atoms with E-state index in [0.717, 1.165) is 22.3 Å². The number of hydrogen-bond donors (Lipinski definition) is 0. The Balaban J connectivity index is 1.48. The molecule has 5 aromatic rings. The van der Waals surface area contributed by atoms with Crippen LogP contribution in [0.1, 0.15) is 49.9 Å². The van der Waals surface area contributed by atoms with Crippen molar-refractivity contribution in [3.63, 3.8) is 0 Å². The van der Waals surface area contributed by atoms with Gasteiger partial charge in [0.1, 0.15) is 5.75 Å². The van der Waals surface area contributed by atoms with E-state index in [4.69, 9.17) is 14.2 Å². The lowest BCUT2D eigenvalue weighted by Crippen LogP contribution is -2.69. The molecule has 0 N–H and O–H groups in total. The van der Waals surface area contributed by atoms with E-state index in [1.165, 1.54) is 0 Å². The number of carbonyl (C=O) groups excluding carboxylic acids is 2. The summed E-state index contributed by atoms with van der Waals surface area (Å²) in [6.45, 7) is 2.06. The van der Waals surface area contributed by atoms with Gasteiger partial charge in [0.2, 0.25) is 0 Å². The van der Waals surface area contributed by atoms with Crippen molar-refractivity contribution >= 4 is 11.9 Å².